The summed E-state index contributed by atoms with van der Waals surface area (Å²) in [5, 5.41) is 7.70. The smallest absolute Gasteiger partial charge is 0.136 e. The zero-order valence-electron chi connectivity index (χ0n) is 28.5. The SMILES string of the molecule is c1ccc(-c2ccc3ccc4ccc(-c5ccc(-c6nc7ccccc7c7c(-c8ccccc8)c8c(cc67)oc6ccccc68)cc5)nc4c3n2)cc1. The molecular weight excluding hydrogens is 647 g/mol. The van der Waals surface area contributed by atoms with Gasteiger partial charge in [0.2, 0.25) is 0 Å². The van der Waals surface area contributed by atoms with Crippen LogP contribution >= 0.6 is 0 Å². The molecule has 246 valence electrons. The molecule has 0 N–H and O–H groups in total. The molecule has 11 rings (SSSR count). The first-order valence-corrected chi connectivity index (χ1v) is 17.9. The van der Waals surface area contributed by atoms with Gasteiger partial charge in [-0.05, 0) is 35.9 Å². The molecule has 4 aromatic heterocycles. The second-order valence-corrected chi connectivity index (χ2v) is 13.5. The average molecular weight is 676 g/mol. The lowest BCUT2D eigenvalue weighted by molar-refractivity contribution is 0.669. The monoisotopic (exact) mass is 675 g/mol. The van der Waals surface area contributed by atoms with Crippen LogP contribution in [0.3, 0.4) is 0 Å². The summed E-state index contributed by atoms with van der Waals surface area (Å²) in [7, 11) is 0. The average Bonchev–Trinajstić information content (AvgIpc) is 3.61. The minimum Gasteiger partial charge on any atom is -0.456 e. The van der Waals surface area contributed by atoms with E-state index in [1.807, 2.05) is 30.3 Å². The topological polar surface area (TPSA) is 51.8 Å². The van der Waals surface area contributed by atoms with Crippen molar-refractivity contribution < 1.29 is 4.42 Å². The molecule has 4 nitrogen and oxygen atoms in total. The zero-order valence-corrected chi connectivity index (χ0v) is 28.5. The van der Waals surface area contributed by atoms with Gasteiger partial charge in [0.1, 0.15) is 11.2 Å². The van der Waals surface area contributed by atoms with Crippen LogP contribution in [0, 0.1) is 0 Å². The number of nitrogens with zero attached hydrogens (tertiary/aromatic N) is 3. The summed E-state index contributed by atoms with van der Waals surface area (Å²) in [6, 6.07) is 61.3. The number of fused-ring (bicyclic) bond motifs is 9. The van der Waals surface area contributed by atoms with E-state index in [4.69, 9.17) is 19.4 Å². The summed E-state index contributed by atoms with van der Waals surface area (Å²) >= 11 is 0. The summed E-state index contributed by atoms with van der Waals surface area (Å²) in [6.45, 7) is 0. The van der Waals surface area contributed by atoms with Gasteiger partial charge in [0.15, 0.2) is 0 Å². The van der Waals surface area contributed by atoms with E-state index in [2.05, 4.69) is 146 Å². The molecule has 0 saturated heterocycles. The van der Waals surface area contributed by atoms with Crippen molar-refractivity contribution in [2.45, 2.75) is 0 Å². The first kappa shape index (κ1) is 29.5. The fraction of sp³-hybridized carbons (Fsp3) is 0. The predicted molar refractivity (Wildman–Crippen MR) is 219 cm³/mol. The second kappa shape index (κ2) is 11.7. The van der Waals surface area contributed by atoms with E-state index in [1.54, 1.807) is 0 Å². The number of furan rings is 1. The van der Waals surface area contributed by atoms with E-state index in [1.165, 1.54) is 5.39 Å². The highest BCUT2D eigenvalue weighted by Gasteiger charge is 2.21. The molecule has 0 unspecified atom stereocenters. The molecule has 11 aromatic rings. The Balaban J connectivity index is 1.10. The molecule has 0 bridgehead atoms. The third-order valence-corrected chi connectivity index (χ3v) is 10.4. The van der Waals surface area contributed by atoms with Gasteiger partial charge in [-0.3, -0.25) is 0 Å². The van der Waals surface area contributed by atoms with Gasteiger partial charge in [-0.25, -0.2) is 15.0 Å². The molecule has 53 heavy (non-hydrogen) atoms. The van der Waals surface area contributed by atoms with E-state index in [-0.39, 0.29) is 0 Å². The van der Waals surface area contributed by atoms with E-state index in [0.29, 0.717) is 0 Å². The molecule has 0 amide bonds. The summed E-state index contributed by atoms with van der Waals surface area (Å²) in [6.07, 6.45) is 0. The zero-order chi connectivity index (χ0) is 34.9. The number of aromatic nitrogens is 3. The molecule has 0 fully saturated rings. The molecule has 0 radical (unpaired) electrons. The Morgan fingerprint density at radius 2 is 0.906 bits per heavy atom. The Bertz CT molecular complexity index is 3200. The summed E-state index contributed by atoms with van der Waals surface area (Å²) in [4.78, 5) is 15.6. The maximum Gasteiger partial charge on any atom is 0.136 e. The highest BCUT2D eigenvalue weighted by Crippen LogP contribution is 2.46. The lowest BCUT2D eigenvalue weighted by atomic mass is 9.89. The van der Waals surface area contributed by atoms with Gasteiger partial charge in [0.05, 0.1) is 33.6 Å². The molecular formula is C49H29N3O. The van der Waals surface area contributed by atoms with Gasteiger partial charge in [-0.2, -0.15) is 0 Å². The first-order valence-electron chi connectivity index (χ1n) is 17.9. The molecule has 4 heteroatoms. The van der Waals surface area contributed by atoms with Crippen LogP contribution in [-0.2, 0) is 0 Å². The van der Waals surface area contributed by atoms with Gasteiger partial charge in [-0.15, -0.1) is 0 Å². The Morgan fingerprint density at radius 3 is 1.60 bits per heavy atom. The standard InChI is InChI=1S/C49H29N3O/c1-3-11-30(12-4-1)39-27-25-34-23-24-35-26-28-40(51-49(35)48(34)50-39)31-19-21-33(22-20-31)47-38-29-43-46(37-16-8-10-18-42(37)53-43)44(32-13-5-2-6-14-32)45(38)36-15-7-9-17-41(36)52-47/h1-29H. The maximum atomic E-state index is 6.56. The number of para-hydroxylation sites is 2. The van der Waals surface area contributed by atoms with Crippen LogP contribution in [0.25, 0.3) is 110 Å². The van der Waals surface area contributed by atoms with Gasteiger partial charge in [0.25, 0.3) is 0 Å². The molecule has 0 saturated carbocycles. The summed E-state index contributed by atoms with van der Waals surface area (Å²) in [5.41, 5.74) is 12.7. The van der Waals surface area contributed by atoms with Gasteiger partial charge < -0.3 is 4.42 Å². The van der Waals surface area contributed by atoms with Crippen LogP contribution in [0.15, 0.2) is 180 Å². The number of hydrogen-bond acceptors (Lipinski definition) is 4. The lowest BCUT2D eigenvalue weighted by Gasteiger charge is -2.16. The quantitative estimate of drug-likeness (QED) is 0.174. The molecule has 0 aliphatic rings. The normalized spacial score (nSPS) is 11.8. The summed E-state index contributed by atoms with van der Waals surface area (Å²) < 4.78 is 6.56. The molecule has 0 aliphatic carbocycles. The van der Waals surface area contributed by atoms with Crippen LogP contribution in [0.4, 0.5) is 0 Å². The van der Waals surface area contributed by atoms with Crippen molar-refractivity contribution in [3.8, 4) is 44.9 Å². The predicted octanol–water partition coefficient (Wildman–Crippen LogP) is 13.1. The Hall–Kier alpha value is -7.17. The first-order chi connectivity index (χ1) is 26.3. The van der Waals surface area contributed by atoms with Gasteiger partial charge in [0, 0.05) is 60.0 Å². The van der Waals surface area contributed by atoms with Crippen LogP contribution in [-0.4, -0.2) is 15.0 Å². The van der Waals surface area contributed by atoms with Crippen LogP contribution in [0.1, 0.15) is 0 Å². The molecule has 0 spiro atoms. The molecule has 4 heterocycles. The molecule has 0 atom stereocenters. The van der Waals surface area contributed by atoms with E-state index in [9.17, 15) is 0 Å². The molecule has 0 aliphatic heterocycles. The van der Waals surface area contributed by atoms with Crippen molar-refractivity contribution >= 4 is 65.4 Å². The number of rotatable bonds is 4. The van der Waals surface area contributed by atoms with Crippen LogP contribution < -0.4 is 0 Å². The van der Waals surface area contributed by atoms with E-state index >= 15 is 0 Å². The Morgan fingerprint density at radius 1 is 0.358 bits per heavy atom. The van der Waals surface area contributed by atoms with Crippen LogP contribution in [0.5, 0.6) is 0 Å². The maximum absolute atomic E-state index is 6.56. The number of benzene rings is 7. The third kappa shape index (κ3) is 4.73. The van der Waals surface area contributed by atoms with Crippen molar-refractivity contribution in [3.63, 3.8) is 0 Å². The Labute approximate surface area is 304 Å². The molecule has 7 aromatic carbocycles. The fourth-order valence-electron chi connectivity index (χ4n) is 7.93. The largest absolute Gasteiger partial charge is 0.456 e. The number of pyridine rings is 3. The van der Waals surface area contributed by atoms with E-state index in [0.717, 1.165) is 105 Å². The lowest BCUT2D eigenvalue weighted by Crippen LogP contribution is -1.93. The fourth-order valence-corrected chi connectivity index (χ4v) is 7.93. The van der Waals surface area contributed by atoms with E-state index < -0.39 is 0 Å². The third-order valence-electron chi connectivity index (χ3n) is 10.4. The van der Waals surface area contributed by atoms with Crippen molar-refractivity contribution in [1.82, 2.24) is 15.0 Å². The number of hydrogen-bond donors (Lipinski definition) is 0. The minimum atomic E-state index is 0.851. The van der Waals surface area contributed by atoms with Gasteiger partial charge in [-0.1, -0.05) is 146 Å². The van der Waals surface area contributed by atoms with Gasteiger partial charge >= 0.3 is 0 Å². The highest BCUT2D eigenvalue weighted by atomic mass is 16.3. The van der Waals surface area contributed by atoms with Crippen molar-refractivity contribution in [2.75, 3.05) is 0 Å². The summed E-state index contributed by atoms with van der Waals surface area (Å²) in [5.74, 6) is 0. The Kier molecular flexibility index (Phi) is 6.52. The van der Waals surface area contributed by atoms with Crippen molar-refractivity contribution in [3.05, 3.63) is 176 Å². The van der Waals surface area contributed by atoms with Crippen molar-refractivity contribution in [1.29, 1.82) is 0 Å². The van der Waals surface area contributed by atoms with Crippen molar-refractivity contribution in [2.24, 2.45) is 0 Å². The minimum absolute atomic E-state index is 0.851. The van der Waals surface area contributed by atoms with Crippen LogP contribution in [0.2, 0.25) is 0 Å². The second-order valence-electron chi connectivity index (χ2n) is 13.5. The highest BCUT2D eigenvalue weighted by molar-refractivity contribution is 6.27.